The van der Waals surface area contributed by atoms with Crippen molar-refractivity contribution in [1.82, 2.24) is 15.6 Å². The molecule has 2 N–H and O–H groups in total. The highest BCUT2D eigenvalue weighted by Gasteiger charge is 2.22. The molecule has 1 saturated heterocycles. The first-order valence-electron chi connectivity index (χ1n) is 8.32. The van der Waals surface area contributed by atoms with Crippen LogP contribution in [0, 0.1) is 5.92 Å². The zero-order valence-corrected chi connectivity index (χ0v) is 16.9. The molecule has 2 heterocycles. The van der Waals surface area contributed by atoms with Gasteiger partial charge in [0.25, 0.3) is 0 Å². The Labute approximate surface area is 171 Å². The molecule has 1 aromatic carbocycles. The number of hydrogen-bond acceptors (Lipinski definition) is 4. The molecule has 1 fully saturated rings. The Kier molecular flexibility index (Phi) is 9.44. The van der Waals surface area contributed by atoms with Gasteiger partial charge in [0, 0.05) is 29.5 Å². The van der Waals surface area contributed by atoms with Crippen LogP contribution < -0.4 is 10.6 Å². The van der Waals surface area contributed by atoms with Gasteiger partial charge in [0.2, 0.25) is 5.91 Å². The summed E-state index contributed by atoms with van der Waals surface area (Å²) in [6.07, 6.45) is 3.55. The fourth-order valence-electron chi connectivity index (χ4n) is 2.90. The van der Waals surface area contributed by atoms with Crippen LogP contribution in [0.5, 0.6) is 0 Å². The predicted octanol–water partition coefficient (Wildman–Crippen LogP) is 3.89. The molecule has 0 aliphatic carbocycles. The van der Waals surface area contributed by atoms with Gasteiger partial charge in [0.15, 0.2) is 11.7 Å². The minimum absolute atomic E-state index is 0. The van der Waals surface area contributed by atoms with Gasteiger partial charge in [-0.2, -0.15) is 0 Å². The van der Waals surface area contributed by atoms with E-state index in [0.717, 1.165) is 25.1 Å². The van der Waals surface area contributed by atoms with Crippen molar-refractivity contribution in [2.45, 2.75) is 32.2 Å². The van der Waals surface area contributed by atoms with Crippen LogP contribution in [0.1, 0.15) is 25.7 Å². The third-order valence-electron chi connectivity index (χ3n) is 4.38. The molecule has 1 aliphatic heterocycles. The molecule has 2 unspecified atom stereocenters. The number of hydrogen-bond donors (Lipinski definition) is 2. The van der Waals surface area contributed by atoms with E-state index in [0.29, 0.717) is 35.4 Å². The third kappa shape index (κ3) is 6.16. The van der Waals surface area contributed by atoms with E-state index in [1.165, 1.54) is 0 Å². The van der Waals surface area contributed by atoms with Crippen LogP contribution >= 0.6 is 36.4 Å². The first-order valence-corrected chi connectivity index (χ1v) is 8.70. The monoisotopic (exact) mass is 419 g/mol. The highest BCUT2D eigenvalue weighted by atomic mass is 35.5. The van der Waals surface area contributed by atoms with Crippen molar-refractivity contribution in [2.75, 3.05) is 13.1 Å². The average molecular weight is 421 g/mol. The Morgan fingerprint density at radius 1 is 1.35 bits per heavy atom. The largest absolute Gasteiger partial charge is 0.441 e. The Bertz CT molecular complexity index is 691. The zero-order chi connectivity index (χ0) is 16.9. The number of oxazole rings is 1. The summed E-state index contributed by atoms with van der Waals surface area (Å²) in [5.74, 6) is 1.78. The number of carbonyl (C=O) groups is 1. The second-order valence-electron chi connectivity index (χ2n) is 6.27. The molecule has 3 rings (SSSR count). The lowest BCUT2D eigenvalue weighted by Gasteiger charge is -2.30. The number of aromatic nitrogens is 1. The van der Waals surface area contributed by atoms with Crippen molar-refractivity contribution in [3.63, 3.8) is 0 Å². The van der Waals surface area contributed by atoms with E-state index in [9.17, 15) is 4.79 Å². The molecule has 8 heteroatoms. The van der Waals surface area contributed by atoms with Crippen molar-refractivity contribution < 1.29 is 9.21 Å². The maximum atomic E-state index is 12.1. The van der Waals surface area contributed by atoms with Crippen molar-refractivity contribution in [3.8, 4) is 11.3 Å². The summed E-state index contributed by atoms with van der Waals surface area (Å²) in [6, 6.07) is 7.66. The number of rotatable bonds is 5. The summed E-state index contributed by atoms with van der Waals surface area (Å²) in [6.45, 7) is 4.07. The molecule has 5 nitrogen and oxygen atoms in total. The van der Waals surface area contributed by atoms with E-state index in [2.05, 4.69) is 22.5 Å². The summed E-state index contributed by atoms with van der Waals surface area (Å²) in [5, 5.41) is 7.14. The minimum atomic E-state index is 0. The number of amides is 1. The molecule has 1 aliphatic rings. The van der Waals surface area contributed by atoms with Crippen molar-refractivity contribution in [1.29, 1.82) is 0 Å². The predicted molar refractivity (Wildman–Crippen MR) is 108 cm³/mol. The maximum Gasteiger partial charge on any atom is 0.220 e. The van der Waals surface area contributed by atoms with E-state index in [1.54, 1.807) is 6.20 Å². The minimum Gasteiger partial charge on any atom is -0.441 e. The molecule has 144 valence electrons. The highest BCUT2D eigenvalue weighted by Crippen LogP contribution is 2.22. The molecule has 2 atom stereocenters. The van der Waals surface area contributed by atoms with Crippen LogP contribution in [0.4, 0.5) is 0 Å². The molecule has 2 aromatic rings. The second kappa shape index (κ2) is 10.8. The fraction of sp³-hybridized carbons (Fsp3) is 0.444. The molecular weight excluding hydrogens is 397 g/mol. The average Bonchev–Trinajstić information content (AvgIpc) is 3.05. The highest BCUT2D eigenvalue weighted by molar-refractivity contribution is 6.30. The Morgan fingerprint density at radius 3 is 2.77 bits per heavy atom. The van der Waals surface area contributed by atoms with Crippen molar-refractivity contribution in [2.24, 2.45) is 5.92 Å². The normalized spacial score (nSPS) is 19.2. The fourth-order valence-corrected chi connectivity index (χ4v) is 3.03. The van der Waals surface area contributed by atoms with Crippen LogP contribution in [0.25, 0.3) is 11.3 Å². The van der Waals surface area contributed by atoms with Gasteiger partial charge in [0.1, 0.15) is 0 Å². The number of aryl methyl sites for hydroxylation is 1. The Balaban J connectivity index is 0.00000169. The van der Waals surface area contributed by atoms with Crippen LogP contribution in [-0.4, -0.2) is 30.0 Å². The van der Waals surface area contributed by atoms with Gasteiger partial charge >= 0.3 is 0 Å². The molecule has 0 bridgehead atoms. The van der Waals surface area contributed by atoms with E-state index >= 15 is 0 Å². The van der Waals surface area contributed by atoms with Gasteiger partial charge in [-0.1, -0.05) is 18.5 Å². The van der Waals surface area contributed by atoms with Gasteiger partial charge in [0.05, 0.1) is 6.20 Å². The van der Waals surface area contributed by atoms with Crippen LogP contribution in [-0.2, 0) is 11.2 Å². The first-order chi connectivity index (χ1) is 11.6. The first kappa shape index (κ1) is 22.8. The van der Waals surface area contributed by atoms with Gasteiger partial charge in [-0.25, -0.2) is 4.98 Å². The van der Waals surface area contributed by atoms with E-state index in [-0.39, 0.29) is 36.8 Å². The summed E-state index contributed by atoms with van der Waals surface area (Å²) in [4.78, 5) is 16.4. The van der Waals surface area contributed by atoms with Crippen molar-refractivity contribution >= 4 is 42.3 Å². The summed E-state index contributed by atoms with van der Waals surface area (Å²) in [7, 11) is 0. The summed E-state index contributed by atoms with van der Waals surface area (Å²) < 4.78 is 5.73. The number of piperidine rings is 1. The van der Waals surface area contributed by atoms with Gasteiger partial charge in [-0.15, -0.1) is 24.8 Å². The molecule has 1 amide bonds. The van der Waals surface area contributed by atoms with Crippen LogP contribution in [0.15, 0.2) is 34.9 Å². The smallest absolute Gasteiger partial charge is 0.220 e. The topological polar surface area (TPSA) is 67.2 Å². The molecular formula is C18H24Cl3N3O2. The third-order valence-corrected chi connectivity index (χ3v) is 4.63. The lowest BCUT2D eigenvalue weighted by Crippen LogP contribution is -2.48. The molecule has 0 saturated carbocycles. The second-order valence-corrected chi connectivity index (χ2v) is 6.71. The molecule has 0 radical (unpaired) electrons. The van der Waals surface area contributed by atoms with Gasteiger partial charge < -0.3 is 15.1 Å². The Morgan fingerprint density at radius 2 is 2.08 bits per heavy atom. The van der Waals surface area contributed by atoms with E-state index in [1.807, 2.05) is 24.3 Å². The lowest BCUT2D eigenvalue weighted by molar-refractivity contribution is -0.122. The maximum absolute atomic E-state index is 12.1. The van der Waals surface area contributed by atoms with Gasteiger partial charge in [-0.3, -0.25) is 4.79 Å². The quantitative estimate of drug-likeness (QED) is 0.770. The summed E-state index contributed by atoms with van der Waals surface area (Å²) >= 11 is 5.88. The zero-order valence-electron chi connectivity index (χ0n) is 14.5. The SMILES string of the molecule is CC1CNCCC1NC(=O)CCc1ncc(-c2ccc(Cl)cc2)o1.Cl.Cl. The Hall–Kier alpha value is -1.27. The van der Waals surface area contributed by atoms with Crippen LogP contribution in [0.3, 0.4) is 0 Å². The van der Waals surface area contributed by atoms with E-state index in [4.69, 9.17) is 16.0 Å². The number of carbonyl (C=O) groups excluding carboxylic acids is 1. The number of nitrogens with one attached hydrogen (secondary N) is 2. The number of halogens is 3. The molecule has 1 aromatic heterocycles. The number of nitrogens with zero attached hydrogens (tertiary/aromatic N) is 1. The summed E-state index contributed by atoms with van der Waals surface area (Å²) in [5.41, 5.74) is 0.922. The lowest BCUT2D eigenvalue weighted by atomic mass is 9.95. The van der Waals surface area contributed by atoms with E-state index < -0.39 is 0 Å². The molecule has 26 heavy (non-hydrogen) atoms. The number of benzene rings is 1. The van der Waals surface area contributed by atoms with Crippen LogP contribution in [0.2, 0.25) is 5.02 Å². The van der Waals surface area contributed by atoms with Crippen molar-refractivity contribution in [3.05, 3.63) is 41.4 Å². The standard InChI is InChI=1S/C18H22ClN3O2.2ClH/c1-12-10-20-9-8-15(12)22-17(23)6-7-18-21-11-16(24-18)13-2-4-14(19)5-3-13;;/h2-5,11-12,15,20H,6-10H2,1H3,(H,22,23);2*1H. The molecule has 0 spiro atoms. The van der Waals surface area contributed by atoms with Gasteiger partial charge in [-0.05, 0) is 49.7 Å².